The maximum atomic E-state index is 12.7. The minimum Gasteiger partial charge on any atom is -0.479 e. The number of para-hydroxylation sites is 1. The third-order valence-electron chi connectivity index (χ3n) is 3.43. The summed E-state index contributed by atoms with van der Waals surface area (Å²) < 4.78 is 7.09. The second-order valence-corrected chi connectivity index (χ2v) is 8.17. The van der Waals surface area contributed by atoms with Gasteiger partial charge in [0.1, 0.15) is 12.4 Å². The molecular formula is C19H11BrINO3S. The average molecular weight is 540 g/mol. The van der Waals surface area contributed by atoms with Crippen molar-refractivity contribution in [2.45, 2.75) is 0 Å². The van der Waals surface area contributed by atoms with Crippen LogP contribution in [0.5, 0.6) is 5.75 Å². The zero-order chi connectivity index (χ0) is 18.7. The van der Waals surface area contributed by atoms with Crippen molar-refractivity contribution >= 4 is 73.2 Å². The summed E-state index contributed by atoms with van der Waals surface area (Å²) in [6, 6.07) is 12.6. The van der Waals surface area contributed by atoms with Gasteiger partial charge in [0, 0.05) is 0 Å². The van der Waals surface area contributed by atoms with Gasteiger partial charge in [-0.3, -0.25) is 9.59 Å². The van der Waals surface area contributed by atoms with E-state index in [9.17, 15) is 9.59 Å². The highest BCUT2D eigenvalue weighted by atomic mass is 127. The van der Waals surface area contributed by atoms with Crippen LogP contribution in [0, 0.1) is 15.9 Å². The van der Waals surface area contributed by atoms with Gasteiger partial charge in [-0.15, -0.1) is 6.42 Å². The first-order valence-corrected chi connectivity index (χ1v) is 10.1. The Hall–Kier alpha value is -1.76. The van der Waals surface area contributed by atoms with Gasteiger partial charge in [-0.2, -0.15) is 0 Å². The Bertz CT molecular complexity index is 930. The molecule has 0 atom stereocenters. The number of imide groups is 1. The van der Waals surface area contributed by atoms with E-state index in [-0.39, 0.29) is 17.8 Å². The number of thioether (sulfide) groups is 1. The van der Waals surface area contributed by atoms with Crippen LogP contribution in [0.25, 0.3) is 6.08 Å². The SMILES string of the molecule is C#CCOc1c(Br)cc(/C=C2\SC(=O)N(c3ccccc3)C2=O)cc1I. The zero-order valence-corrected chi connectivity index (χ0v) is 17.8. The molecule has 2 aromatic carbocycles. The molecule has 1 heterocycles. The molecule has 130 valence electrons. The number of nitrogens with zero attached hydrogens (tertiary/aromatic N) is 1. The number of ether oxygens (including phenoxy) is 1. The number of hydrogen-bond donors (Lipinski definition) is 0. The lowest BCUT2D eigenvalue weighted by Gasteiger charge is -2.11. The molecule has 0 aromatic heterocycles. The minimum atomic E-state index is -0.329. The van der Waals surface area contributed by atoms with Crippen LogP contribution in [0.4, 0.5) is 10.5 Å². The Morgan fingerprint density at radius 3 is 2.65 bits per heavy atom. The maximum Gasteiger partial charge on any atom is 0.298 e. The van der Waals surface area contributed by atoms with E-state index in [1.807, 2.05) is 18.2 Å². The molecule has 7 heteroatoms. The monoisotopic (exact) mass is 539 g/mol. The summed E-state index contributed by atoms with van der Waals surface area (Å²) in [5.74, 6) is 2.75. The fourth-order valence-electron chi connectivity index (χ4n) is 2.33. The molecule has 2 aromatic rings. The van der Waals surface area contributed by atoms with Crippen molar-refractivity contribution < 1.29 is 14.3 Å². The lowest BCUT2D eigenvalue weighted by molar-refractivity contribution is -0.113. The third-order valence-corrected chi connectivity index (χ3v) is 5.69. The number of halogens is 2. The Labute approximate surface area is 177 Å². The Morgan fingerprint density at radius 2 is 2.00 bits per heavy atom. The fraction of sp³-hybridized carbons (Fsp3) is 0.0526. The number of rotatable bonds is 4. The van der Waals surface area contributed by atoms with Gasteiger partial charge in [0.15, 0.2) is 0 Å². The number of terminal acetylenes is 1. The standard InChI is InChI=1S/C19H11BrINO3S/c1-2-8-25-17-14(20)9-12(10-15(17)21)11-16-18(23)22(19(24)26-16)13-6-4-3-5-7-13/h1,3-7,9-11H,8H2/b16-11-. The van der Waals surface area contributed by atoms with E-state index in [0.29, 0.717) is 16.3 Å². The molecule has 4 nitrogen and oxygen atoms in total. The average Bonchev–Trinajstić information content (AvgIpc) is 2.88. The molecule has 3 rings (SSSR count). The summed E-state index contributed by atoms with van der Waals surface area (Å²) in [5.41, 5.74) is 1.35. The highest BCUT2D eigenvalue weighted by Gasteiger charge is 2.36. The first-order chi connectivity index (χ1) is 12.5. The summed E-state index contributed by atoms with van der Waals surface area (Å²) in [6.45, 7) is 0.171. The van der Waals surface area contributed by atoms with E-state index in [1.165, 1.54) is 4.90 Å². The van der Waals surface area contributed by atoms with Gasteiger partial charge >= 0.3 is 0 Å². The van der Waals surface area contributed by atoms with Crippen LogP contribution in [0.1, 0.15) is 5.56 Å². The molecule has 1 aliphatic heterocycles. The summed E-state index contributed by atoms with van der Waals surface area (Å²) in [7, 11) is 0. The zero-order valence-electron chi connectivity index (χ0n) is 13.2. The lowest BCUT2D eigenvalue weighted by Crippen LogP contribution is -2.27. The normalized spacial score (nSPS) is 15.4. The Morgan fingerprint density at radius 1 is 1.27 bits per heavy atom. The van der Waals surface area contributed by atoms with Crippen LogP contribution in [-0.2, 0) is 4.79 Å². The summed E-state index contributed by atoms with van der Waals surface area (Å²) in [5, 5.41) is -0.310. The van der Waals surface area contributed by atoms with E-state index < -0.39 is 0 Å². The predicted octanol–water partition coefficient (Wildman–Crippen LogP) is 5.31. The van der Waals surface area contributed by atoms with E-state index in [0.717, 1.165) is 25.4 Å². The van der Waals surface area contributed by atoms with Crippen molar-refractivity contribution in [3.05, 3.63) is 61.0 Å². The Kier molecular flexibility index (Phi) is 6.06. The molecule has 0 N–H and O–H groups in total. The molecule has 0 saturated carbocycles. The van der Waals surface area contributed by atoms with Crippen LogP contribution < -0.4 is 9.64 Å². The predicted molar refractivity (Wildman–Crippen MR) is 116 cm³/mol. The maximum absolute atomic E-state index is 12.7. The van der Waals surface area contributed by atoms with Crippen molar-refractivity contribution in [3.63, 3.8) is 0 Å². The molecule has 1 fully saturated rings. The first-order valence-electron chi connectivity index (χ1n) is 7.39. The minimum absolute atomic E-state index is 0.171. The van der Waals surface area contributed by atoms with Crippen LogP contribution in [0.3, 0.4) is 0 Å². The van der Waals surface area contributed by atoms with Gasteiger partial charge in [-0.25, -0.2) is 4.90 Å². The smallest absolute Gasteiger partial charge is 0.298 e. The molecule has 2 amide bonds. The summed E-state index contributed by atoms with van der Waals surface area (Å²) in [4.78, 5) is 26.5. The van der Waals surface area contributed by atoms with Gasteiger partial charge in [0.25, 0.3) is 11.1 Å². The van der Waals surface area contributed by atoms with Crippen LogP contribution in [0.2, 0.25) is 0 Å². The van der Waals surface area contributed by atoms with Gasteiger partial charge in [-0.05, 0) is 86.2 Å². The van der Waals surface area contributed by atoms with Crippen molar-refractivity contribution in [2.75, 3.05) is 11.5 Å². The van der Waals surface area contributed by atoms with E-state index in [2.05, 4.69) is 44.4 Å². The van der Waals surface area contributed by atoms with E-state index >= 15 is 0 Å². The molecule has 0 bridgehead atoms. The van der Waals surface area contributed by atoms with Gasteiger partial charge in [0.05, 0.1) is 18.6 Å². The fourth-order valence-corrected chi connectivity index (χ4v) is 4.94. The van der Waals surface area contributed by atoms with Crippen LogP contribution in [0.15, 0.2) is 51.8 Å². The molecule has 0 unspecified atom stereocenters. The quantitative estimate of drug-likeness (QED) is 0.300. The lowest BCUT2D eigenvalue weighted by atomic mass is 10.2. The van der Waals surface area contributed by atoms with Gasteiger partial charge in [0.2, 0.25) is 0 Å². The molecular weight excluding hydrogens is 529 g/mol. The first kappa shape index (κ1) is 19.0. The summed E-state index contributed by atoms with van der Waals surface area (Å²) in [6.07, 6.45) is 6.93. The van der Waals surface area contributed by atoms with Crippen molar-refractivity contribution in [2.24, 2.45) is 0 Å². The number of amides is 2. The molecule has 0 spiro atoms. The van der Waals surface area contributed by atoms with Crippen LogP contribution in [-0.4, -0.2) is 17.8 Å². The van der Waals surface area contributed by atoms with Gasteiger partial charge in [-0.1, -0.05) is 24.1 Å². The van der Waals surface area contributed by atoms with Crippen molar-refractivity contribution in [1.29, 1.82) is 0 Å². The van der Waals surface area contributed by atoms with E-state index in [1.54, 1.807) is 30.3 Å². The highest BCUT2D eigenvalue weighted by Crippen LogP contribution is 2.37. The van der Waals surface area contributed by atoms with Crippen molar-refractivity contribution in [1.82, 2.24) is 0 Å². The molecule has 1 saturated heterocycles. The number of carbonyl (C=O) groups excluding carboxylic acids is 2. The van der Waals surface area contributed by atoms with E-state index in [4.69, 9.17) is 11.2 Å². The van der Waals surface area contributed by atoms with Gasteiger partial charge < -0.3 is 4.74 Å². The second-order valence-electron chi connectivity index (χ2n) is 5.16. The Balaban J connectivity index is 1.90. The number of hydrogen-bond acceptors (Lipinski definition) is 4. The molecule has 0 aliphatic carbocycles. The topological polar surface area (TPSA) is 46.6 Å². The van der Waals surface area contributed by atoms with Crippen LogP contribution >= 0.6 is 50.3 Å². The van der Waals surface area contributed by atoms with Crippen molar-refractivity contribution in [3.8, 4) is 18.1 Å². The molecule has 0 radical (unpaired) electrons. The summed E-state index contributed by atoms with van der Waals surface area (Å²) >= 11 is 6.52. The number of benzene rings is 2. The highest BCUT2D eigenvalue weighted by molar-refractivity contribution is 14.1. The molecule has 26 heavy (non-hydrogen) atoms. The number of carbonyl (C=O) groups is 2. The third kappa shape index (κ3) is 3.98. The molecule has 1 aliphatic rings. The second kappa shape index (κ2) is 8.29. The largest absolute Gasteiger partial charge is 0.479 e. The number of anilines is 1.